The van der Waals surface area contributed by atoms with Crippen molar-refractivity contribution < 1.29 is 63.6 Å². The number of carbonyl (C=O) groups is 9. The first-order valence-electron chi connectivity index (χ1n) is 24.9. The molecule has 18 heteroatoms. The molecule has 3 heterocycles. The van der Waals surface area contributed by atoms with E-state index in [9.17, 15) is 43.2 Å². The van der Waals surface area contributed by atoms with Crippen molar-refractivity contribution in [3.63, 3.8) is 0 Å². The van der Waals surface area contributed by atoms with Crippen molar-refractivity contribution in [3.05, 3.63) is 0 Å². The minimum absolute atomic E-state index is 0.0258. The number of piperidine rings is 3. The molecule has 2 atom stereocenters. The summed E-state index contributed by atoms with van der Waals surface area (Å²) in [5.41, 5.74) is -1.72. The third-order valence-corrected chi connectivity index (χ3v) is 14.8. The van der Waals surface area contributed by atoms with E-state index in [-0.39, 0.29) is 58.3 Å². The van der Waals surface area contributed by atoms with E-state index in [2.05, 4.69) is 10.6 Å². The van der Waals surface area contributed by atoms with Crippen LogP contribution < -0.4 is 10.6 Å². The molecular weight excluding hydrogens is 879 g/mol. The Morgan fingerprint density at radius 3 is 1.34 bits per heavy atom. The van der Waals surface area contributed by atoms with Crippen LogP contribution in [0.25, 0.3) is 0 Å². The van der Waals surface area contributed by atoms with Gasteiger partial charge in [-0.1, -0.05) is 83.1 Å². The lowest BCUT2D eigenvalue weighted by Gasteiger charge is -2.38. The monoisotopic (exact) mass is 966 g/mol. The molecule has 68 heavy (non-hydrogen) atoms. The Balaban J connectivity index is 0.000000456. The molecule has 4 rings (SSSR count). The summed E-state index contributed by atoms with van der Waals surface area (Å²) in [6, 6.07) is -1.16. The maximum atomic E-state index is 12.2. The third-order valence-electron chi connectivity index (χ3n) is 14.8. The quantitative estimate of drug-likeness (QED) is 0.106. The van der Waals surface area contributed by atoms with Crippen LogP contribution in [-0.2, 0) is 38.4 Å². The molecule has 1 aliphatic carbocycles. The molecule has 390 valence electrons. The van der Waals surface area contributed by atoms with E-state index in [1.807, 2.05) is 74.1 Å². The zero-order chi connectivity index (χ0) is 52.4. The summed E-state index contributed by atoms with van der Waals surface area (Å²) in [6.07, 6.45) is 10.4. The Labute approximate surface area is 405 Å². The van der Waals surface area contributed by atoms with E-state index in [1.165, 1.54) is 0 Å². The van der Waals surface area contributed by atoms with E-state index in [1.54, 1.807) is 23.6 Å². The number of rotatable bonds is 13. The second kappa shape index (κ2) is 27.4. The van der Waals surface area contributed by atoms with Crippen LogP contribution in [0.15, 0.2) is 0 Å². The van der Waals surface area contributed by atoms with Crippen molar-refractivity contribution in [2.75, 3.05) is 32.7 Å². The van der Waals surface area contributed by atoms with Gasteiger partial charge in [-0.25, -0.2) is 9.59 Å². The summed E-state index contributed by atoms with van der Waals surface area (Å²) in [5, 5.41) is 40.9. The van der Waals surface area contributed by atoms with Gasteiger partial charge < -0.3 is 40.4 Å². The molecule has 0 spiro atoms. The lowest BCUT2D eigenvalue weighted by atomic mass is 9.86. The van der Waals surface area contributed by atoms with E-state index < -0.39 is 46.8 Å². The molecule has 18 nitrogen and oxygen atoms in total. The molecule has 3 saturated heterocycles. The summed E-state index contributed by atoms with van der Waals surface area (Å²) < 4.78 is 0. The molecule has 0 aromatic carbocycles. The lowest BCUT2D eigenvalue weighted by molar-refractivity contribution is -0.156. The largest absolute Gasteiger partial charge is 0.481 e. The SMILES string of the molecule is CCC(C)(C)C(=O)N1CCC(C(=O)O)CC1.CCC(C)(C)C(=O)N1CCCC(C(=O)O)C1.CCC(C)(C)C(=O)N1CCCCC1C(=O)O.CCC(C)(C)C(=O)NC(=O)NC1CCC(C(=O)O)CC1. The zero-order valence-electron chi connectivity index (χ0n) is 43.3. The molecule has 0 aromatic rings. The number of hydrogen-bond acceptors (Lipinski definition) is 9. The molecule has 0 radical (unpaired) electrons. The summed E-state index contributed by atoms with van der Waals surface area (Å²) in [4.78, 5) is 109. The number of amides is 6. The number of aliphatic carboxylic acids is 4. The number of nitrogens with zero attached hydrogens (tertiary/aromatic N) is 3. The molecule has 6 amide bonds. The van der Waals surface area contributed by atoms with Gasteiger partial charge in [0.05, 0.1) is 17.8 Å². The zero-order valence-corrected chi connectivity index (χ0v) is 43.3. The van der Waals surface area contributed by atoms with Gasteiger partial charge >= 0.3 is 29.9 Å². The Morgan fingerprint density at radius 1 is 0.456 bits per heavy atom. The van der Waals surface area contributed by atoms with Crippen LogP contribution in [-0.4, -0.2) is 133 Å². The van der Waals surface area contributed by atoms with E-state index in [0.29, 0.717) is 90.5 Å². The second-order valence-corrected chi connectivity index (χ2v) is 21.4. The van der Waals surface area contributed by atoms with E-state index in [0.717, 1.165) is 38.5 Å². The number of urea groups is 1. The topological polar surface area (TPSA) is 268 Å². The van der Waals surface area contributed by atoms with Gasteiger partial charge in [0.15, 0.2) is 0 Å². The number of hydrogen-bond donors (Lipinski definition) is 6. The number of carboxylic acids is 4. The highest BCUT2D eigenvalue weighted by Crippen LogP contribution is 2.30. The first-order valence-corrected chi connectivity index (χ1v) is 24.9. The van der Waals surface area contributed by atoms with E-state index in [4.69, 9.17) is 20.4 Å². The number of nitrogens with one attached hydrogen (secondary N) is 2. The number of carboxylic acid groups (broad SMARTS) is 4. The maximum Gasteiger partial charge on any atom is 0.326 e. The fourth-order valence-corrected chi connectivity index (χ4v) is 7.96. The lowest BCUT2D eigenvalue weighted by Crippen LogP contribution is -2.52. The second-order valence-electron chi connectivity index (χ2n) is 21.4. The minimum atomic E-state index is -0.875. The van der Waals surface area contributed by atoms with Crippen LogP contribution in [0.4, 0.5) is 4.79 Å². The average molecular weight is 966 g/mol. The number of likely N-dealkylation sites (tertiary alicyclic amines) is 3. The number of imide groups is 1. The van der Waals surface area contributed by atoms with Crippen LogP contribution in [0.1, 0.15) is 179 Å². The maximum absolute atomic E-state index is 12.2. The van der Waals surface area contributed by atoms with Crippen LogP contribution >= 0.6 is 0 Å². The highest BCUT2D eigenvalue weighted by molar-refractivity contribution is 5.97. The smallest absolute Gasteiger partial charge is 0.326 e. The summed E-state index contributed by atoms with van der Waals surface area (Å²) in [7, 11) is 0. The normalized spacial score (nSPS) is 21.4. The molecular formula is C50H87N5O13. The predicted molar refractivity (Wildman–Crippen MR) is 257 cm³/mol. The van der Waals surface area contributed by atoms with Crippen molar-refractivity contribution in [2.45, 2.75) is 191 Å². The summed E-state index contributed by atoms with van der Waals surface area (Å²) >= 11 is 0. The Hall–Kier alpha value is -4.77. The van der Waals surface area contributed by atoms with Crippen molar-refractivity contribution in [1.82, 2.24) is 25.3 Å². The van der Waals surface area contributed by atoms with Gasteiger partial charge in [-0.3, -0.25) is 38.9 Å². The summed E-state index contributed by atoms with van der Waals surface area (Å²) in [5.74, 6) is -4.21. The number of carbonyl (C=O) groups excluding carboxylic acids is 5. The van der Waals surface area contributed by atoms with Crippen LogP contribution in [0.5, 0.6) is 0 Å². The van der Waals surface area contributed by atoms with E-state index >= 15 is 0 Å². The highest BCUT2D eigenvalue weighted by Gasteiger charge is 2.39. The standard InChI is InChI=1S/C14H24N2O4.3C12H21NO3/c1-4-14(2,3)12(19)16-13(20)15-10-7-5-9(6-8-10)11(17)18;1-4-12(2,3)11(16)13-7-5-9(6-8-13)10(14)15;1-4-12(2,3)11(16)13-7-5-6-9(8-13)10(14)15;1-4-12(2,3)11(16)13-8-6-5-7-9(13)10(14)15/h9-10H,4-8H2,1-3H3,(H,17,18)(H2,15,16,19,20);3*9H,4-8H2,1-3H3,(H,14,15). The fraction of sp³-hybridized carbons (Fsp3) is 0.820. The van der Waals surface area contributed by atoms with Crippen molar-refractivity contribution in [1.29, 1.82) is 0 Å². The van der Waals surface area contributed by atoms with Crippen LogP contribution in [0, 0.1) is 39.4 Å². The van der Waals surface area contributed by atoms with Crippen molar-refractivity contribution >= 4 is 53.5 Å². The first kappa shape index (κ1) is 61.2. The molecule has 0 bridgehead atoms. The molecule has 4 fully saturated rings. The Bertz CT molecular complexity index is 1730. The van der Waals surface area contributed by atoms with Gasteiger partial charge in [-0.05, 0) is 96.3 Å². The van der Waals surface area contributed by atoms with Gasteiger partial charge in [-0.2, -0.15) is 0 Å². The average Bonchev–Trinajstić information content (AvgIpc) is 3.31. The molecule has 3 aliphatic heterocycles. The Kier molecular flexibility index (Phi) is 24.7. The van der Waals surface area contributed by atoms with Gasteiger partial charge in [0.25, 0.3) is 0 Å². The van der Waals surface area contributed by atoms with Gasteiger partial charge in [-0.15, -0.1) is 0 Å². The predicted octanol–water partition coefficient (Wildman–Crippen LogP) is 7.27. The molecule has 6 N–H and O–H groups in total. The summed E-state index contributed by atoms with van der Waals surface area (Å²) in [6.45, 7) is 25.7. The third kappa shape index (κ3) is 19.0. The Morgan fingerprint density at radius 2 is 0.897 bits per heavy atom. The highest BCUT2D eigenvalue weighted by atomic mass is 16.4. The minimum Gasteiger partial charge on any atom is -0.481 e. The fourth-order valence-electron chi connectivity index (χ4n) is 7.96. The van der Waals surface area contributed by atoms with Crippen LogP contribution in [0.3, 0.4) is 0 Å². The van der Waals surface area contributed by atoms with Gasteiger partial charge in [0, 0.05) is 60.4 Å². The first-order chi connectivity index (χ1) is 31.4. The van der Waals surface area contributed by atoms with Crippen LogP contribution in [0.2, 0.25) is 0 Å². The molecule has 1 saturated carbocycles. The molecule has 0 aromatic heterocycles. The van der Waals surface area contributed by atoms with Gasteiger partial charge in [0.2, 0.25) is 23.6 Å². The van der Waals surface area contributed by atoms with Gasteiger partial charge in [0.1, 0.15) is 6.04 Å². The van der Waals surface area contributed by atoms with Crippen molar-refractivity contribution in [2.24, 2.45) is 39.4 Å². The molecule has 2 unspecified atom stereocenters. The molecule has 4 aliphatic rings. The van der Waals surface area contributed by atoms with Crippen molar-refractivity contribution in [3.8, 4) is 0 Å².